The predicted octanol–water partition coefficient (Wildman–Crippen LogP) is 2.43. The molecular weight excluding hydrogens is 439 g/mol. The molecule has 0 amide bonds. The van der Waals surface area contributed by atoms with Crippen molar-refractivity contribution < 1.29 is 18.7 Å². The van der Waals surface area contributed by atoms with Gasteiger partial charge in [0.2, 0.25) is 0 Å². The van der Waals surface area contributed by atoms with Gasteiger partial charge >= 0.3 is 0 Å². The predicted molar refractivity (Wildman–Crippen MR) is 121 cm³/mol. The summed E-state index contributed by atoms with van der Waals surface area (Å²) in [5.74, 6) is -0.433. The molecule has 0 saturated carbocycles. The maximum atomic E-state index is 14.8. The van der Waals surface area contributed by atoms with E-state index in [1.54, 1.807) is 24.0 Å². The number of carbonyl (C=O) groups excluding carboxylic acids is 1. The van der Waals surface area contributed by atoms with Gasteiger partial charge in [-0.2, -0.15) is 10.4 Å². The second-order valence-corrected chi connectivity index (χ2v) is 8.21. The molecule has 34 heavy (non-hydrogen) atoms. The molecule has 174 valence electrons. The van der Waals surface area contributed by atoms with E-state index in [-0.39, 0.29) is 23.4 Å². The molecule has 4 heterocycles. The van der Waals surface area contributed by atoms with Crippen molar-refractivity contribution in [3.05, 3.63) is 59.2 Å². The summed E-state index contributed by atoms with van der Waals surface area (Å²) < 4.78 is 28.0. The Morgan fingerprint density at radius 3 is 2.88 bits per heavy atom. The number of hydrogen-bond donors (Lipinski definition) is 1. The molecule has 9 nitrogen and oxygen atoms in total. The van der Waals surface area contributed by atoms with Gasteiger partial charge in [0.15, 0.2) is 17.9 Å². The van der Waals surface area contributed by atoms with Crippen LogP contribution in [-0.4, -0.2) is 60.2 Å². The van der Waals surface area contributed by atoms with Crippen molar-refractivity contribution in [2.75, 3.05) is 38.3 Å². The number of halogens is 1. The summed E-state index contributed by atoms with van der Waals surface area (Å²) in [6.45, 7) is 2.74. The van der Waals surface area contributed by atoms with Crippen molar-refractivity contribution in [2.45, 2.75) is 18.8 Å². The monoisotopic (exact) mass is 462 g/mol. The summed E-state index contributed by atoms with van der Waals surface area (Å²) in [7, 11) is 1.73. The molecule has 2 aliphatic rings. The molecule has 0 unspecified atom stereocenters. The molecule has 1 N–H and O–H groups in total. The SMILES string of the molecule is CNCc1nc(-c2c(F)cccc2C#N)cc(-n2ccc(N3CCC4(C3)OCCO4)n2)c1C=O. The van der Waals surface area contributed by atoms with Gasteiger partial charge in [0.1, 0.15) is 5.82 Å². The number of anilines is 1. The molecule has 2 aliphatic heterocycles. The minimum Gasteiger partial charge on any atom is -0.350 e. The Labute approximate surface area is 195 Å². The summed E-state index contributed by atoms with van der Waals surface area (Å²) >= 11 is 0. The highest BCUT2D eigenvalue weighted by atomic mass is 19.1. The Kier molecular flexibility index (Phi) is 5.83. The Morgan fingerprint density at radius 1 is 1.32 bits per heavy atom. The first kappa shape index (κ1) is 22.2. The van der Waals surface area contributed by atoms with Crippen LogP contribution in [-0.2, 0) is 16.0 Å². The summed E-state index contributed by atoms with van der Waals surface area (Å²) in [5, 5.41) is 17.2. The average Bonchev–Trinajstić information content (AvgIpc) is 3.60. The number of nitrogens with zero attached hydrogens (tertiary/aromatic N) is 5. The minimum atomic E-state index is -0.583. The van der Waals surface area contributed by atoms with Crippen LogP contribution in [0.3, 0.4) is 0 Å². The number of aldehydes is 1. The average molecular weight is 462 g/mol. The van der Waals surface area contributed by atoms with Crippen LogP contribution >= 0.6 is 0 Å². The van der Waals surface area contributed by atoms with Crippen LogP contribution in [0.5, 0.6) is 0 Å². The van der Waals surface area contributed by atoms with E-state index >= 15 is 0 Å². The van der Waals surface area contributed by atoms with Gasteiger partial charge < -0.3 is 19.7 Å². The zero-order chi connectivity index (χ0) is 23.7. The summed E-state index contributed by atoms with van der Waals surface area (Å²) in [6.07, 6.45) is 3.21. The van der Waals surface area contributed by atoms with Gasteiger partial charge in [0, 0.05) is 31.8 Å². The first-order valence-electron chi connectivity index (χ1n) is 11.0. The van der Waals surface area contributed by atoms with Crippen LogP contribution in [0.15, 0.2) is 36.5 Å². The fourth-order valence-electron chi connectivity index (χ4n) is 4.52. The van der Waals surface area contributed by atoms with Gasteiger partial charge in [-0.3, -0.25) is 9.78 Å². The third-order valence-corrected chi connectivity index (χ3v) is 6.12. The fraction of sp³-hybridized carbons (Fsp3) is 0.333. The molecule has 10 heteroatoms. The molecule has 3 aromatic rings. The van der Waals surface area contributed by atoms with Crippen LogP contribution in [0.25, 0.3) is 16.9 Å². The van der Waals surface area contributed by atoms with Gasteiger partial charge in [-0.1, -0.05) is 6.07 Å². The van der Waals surface area contributed by atoms with Crippen molar-refractivity contribution in [2.24, 2.45) is 0 Å². The van der Waals surface area contributed by atoms with E-state index in [2.05, 4.69) is 15.2 Å². The number of nitriles is 1. The Morgan fingerprint density at radius 2 is 2.15 bits per heavy atom. The number of ether oxygens (including phenoxy) is 2. The Hall–Kier alpha value is -3.65. The van der Waals surface area contributed by atoms with Crippen molar-refractivity contribution in [1.29, 1.82) is 5.26 Å². The maximum Gasteiger partial charge on any atom is 0.187 e. The van der Waals surface area contributed by atoms with Crippen molar-refractivity contribution in [1.82, 2.24) is 20.1 Å². The molecule has 1 spiro atoms. The highest BCUT2D eigenvalue weighted by Gasteiger charge is 2.43. The van der Waals surface area contributed by atoms with Crippen LogP contribution < -0.4 is 10.2 Å². The van der Waals surface area contributed by atoms with Crippen molar-refractivity contribution in [3.63, 3.8) is 0 Å². The zero-order valence-corrected chi connectivity index (χ0v) is 18.6. The highest BCUT2D eigenvalue weighted by molar-refractivity contribution is 5.84. The smallest absolute Gasteiger partial charge is 0.187 e. The quantitative estimate of drug-likeness (QED) is 0.557. The summed E-state index contributed by atoms with van der Waals surface area (Å²) in [6, 6.07) is 9.76. The third-order valence-electron chi connectivity index (χ3n) is 6.12. The van der Waals surface area contributed by atoms with Gasteiger partial charge in [0.25, 0.3) is 0 Å². The molecule has 0 aliphatic carbocycles. The second kappa shape index (κ2) is 8.95. The van der Waals surface area contributed by atoms with Crippen LogP contribution in [0.2, 0.25) is 0 Å². The van der Waals surface area contributed by atoms with Crippen molar-refractivity contribution >= 4 is 12.1 Å². The minimum absolute atomic E-state index is 0.0884. The van der Waals surface area contributed by atoms with E-state index in [4.69, 9.17) is 14.6 Å². The van der Waals surface area contributed by atoms with Gasteiger partial charge in [-0.15, -0.1) is 0 Å². The molecule has 5 rings (SSSR count). The lowest BCUT2D eigenvalue weighted by Gasteiger charge is -2.22. The van der Waals surface area contributed by atoms with Gasteiger partial charge in [-0.05, 0) is 25.2 Å². The summed E-state index contributed by atoms with van der Waals surface area (Å²) in [4.78, 5) is 18.7. The van der Waals surface area contributed by atoms with E-state index in [0.717, 1.165) is 19.3 Å². The normalized spacial score (nSPS) is 16.8. The van der Waals surface area contributed by atoms with E-state index in [1.165, 1.54) is 18.2 Å². The Balaban J connectivity index is 1.58. The van der Waals surface area contributed by atoms with Crippen LogP contribution in [0.1, 0.15) is 28.0 Å². The number of nitrogens with one attached hydrogen (secondary N) is 1. The van der Waals surface area contributed by atoms with Crippen LogP contribution in [0.4, 0.5) is 10.2 Å². The van der Waals surface area contributed by atoms with E-state index < -0.39 is 11.6 Å². The lowest BCUT2D eigenvalue weighted by molar-refractivity contribution is -0.137. The first-order chi connectivity index (χ1) is 16.6. The number of aromatic nitrogens is 3. The lowest BCUT2D eigenvalue weighted by Crippen LogP contribution is -2.34. The van der Waals surface area contributed by atoms with Crippen molar-refractivity contribution in [3.8, 4) is 23.0 Å². The lowest BCUT2D eigenvalue weighted by atomic mass is 10.0. The number of carbonyl (C=O) groups is 1. The first-order valence-corrected chi connectivity index (χ1v) is 11.0. The topological polar surface area (TPSA) is 105 Å². The van der Waals surface area contributed by atoms with Crippen LogP contribution in [0, 0.1) is 17.1 Å². The molecular formula is C24H23FN6O3. The molecule has 2 fully saturated rings. The largest absolute Gasteiger partial charge is 0.350 e. The molecule has 0 radical (unpaired) electrons. The van der Waals surface area contributed by atoms with E-state index in [0.29, 0.717) is 42.5 Å². The molecule has 1 aromatic carbocycles. The second-order valence-electron chi connectivity index (χ2n) is 8.21. The molecule has 0 bridgehead atoms. The maximum absolute atomic E-state index is 14.8. The number of rotatable bonds is 6. The summed E-state index contributed by atoms with van der Waals surface area (Å²) in [5.41, 5.74) is 1.72. The van der Waals surface area contributed by atoms with Gasteiger partial charge in [0.05, 0.1) is 59.6 Å². The van der Waals surface area contributed by atoms with Gasteiger partial charge in [-0.25, -0.2) is 9.07 Å². The highest BCUT2D eigenvalue weighted by Crippen LogP contribution is 2.34. The zero-order valence-electron chi connectivity index (χ0n) is 18.6. The molecule has 2 saturated heterocycles. The Bertz CT molecular complexity index is 1280. The number of benzene rings is 1. The fourth-order valence-corrected chi connectivity index (χ4v) is 4.52. The molecule has 0 atom stereocenters. The number of hydrogen-bond acceptors (Lipinski definition) is 8. The van der Waals surface area contributed by atoms with E-state index in [1.807, 2.05) is 12.1 Å². The third kappa shape index (κ3) is 3.84. The standard InChI is InChI=1S/C24H23FN6O3/c1-27-13-20-17(14-32)21(11-19(28-20)23-16(12-26)3-2-4-18(23)25)31-7-5-22(29-31)30-8-6-24(15-30)33-9-10-34-24/h2-5,7,11,14,27H,6,8-10,13,15H2,1H3. The molecule has 2 aromatic heterocycles. The van der Waals surface area contributed by atoms with E-state index in [9.17, 15) is 14.4 Å². The number of pyridine rings is 1.